The molecule has 7 heteroatoms. The topological polar surface area (TPSA) is 100 Å². The summed E-state index contributed by atoms with van der Waals surface area (Å²) in [5.41, 5.74) is 1.69. The summed E-state index contributed by atoms with van der Waals surface area (Å²) >= 11 is 0. The minimum absolute atomic E-state index is 0.0937. The highest BCUT2D eigenvalue weighted by molar-refractivity contribution is 5.97. The first kappa shape index (κ1) is 20.5. The number of methoxy groups -OCH3 is 2. The van der Waals surface area contributed by atoms with Crippen LogP contribution in [-0.2, 0) is 9.53 Å². The van der Waals surface area contributed by atoms with E-state index in [0.29, 0.717) is 11.3 Å². The van der Waals surface area contributed by atoms with Crippen LogP contribution < -0.4 is 15.4 Å². The van der Waals surface area contributed by atoms with Crippen LogP contribution in [0.3, 0.4) is 0 Å². The van der Waals surface area contributed by atoms with E-state index in [1.807, 2.05) is 25.1 Å². The molecule has 0 aromatic heterocycles. The molecule has 2 aromatic carbocycles. The van der Waals surface area contributed by atoms with Gasteiger partial charge in [-0.2, -0.15) is 5.26 Å². The van der Waals surface area contributed by atoms with Crippen molar-refractivity contribution in [2.45, 2.75) is 13.0 Å². The van der Waals surface area contributed by atoms with Gasteiger partial charge in [0.2, 0.25) is 0 Å². The molecule has 0 heterocycles. The van der Waals surface area contributed by atoms with Crippen molar-refractivity contribution in [2.75, 3.05) is 19.5 Å². The molecule has 2 N–H and O–H groups in total. The molecule has 1 unspecified atom stereocenters. The summed E-state index contributed by atoms with van der Waals surface area (Å²) in [6.07, 6.45) is 1.30. The maximum absolute atomic E-state index is 12.4. The van der Waals surface area contributed by atoms with Crippen molar-refractivity contribution in [2.24, 2.45) is 0 Å². The van der Waals surface area contributed by atoms with E-state index in [1.165, 1.54) is 13.3 Å². The lowest BCUT2D eigenvalue weighted by Crippen LogP contribution is -2.28. The number of hydrogen-bond donors (Lipinski definition) is 2. The number of anilines is 1. The number of amides is 1. The summed E-state index contributed by atoms with van der Waals surface area (Å²) in [5.74, 6) is -0.264. The van der Waals surface area contributed by atoms with E-state index in [4.69, 9.17) is 4.74 Å². The zero-order chi connectivity index (χ0) is 20.5. The SMILES string of the molecule is COC(=O)c1cccc(N/C=C(/C#N)C(=O)NC(C)c2ccc(OC)cc2)c1. The van der Waals surface area contributed by atoms with Gasteiger partial charge in [-0.25, -0.2) is 4.79 Å². The highest BCUT2D eigenvalue weighted by Gasteiger charge is 2.14. The molecular weight excluding hydrogens is 358 g/mol. The summed E-state index contributed by atoms with van der Waals surface area (Å²) in [4.78, 5) is 24.0. The van der Waals surface area contributed by atoms with Crippen molar-refractivity contribution in [3.8, 4) is 11.8 Å². The summed E-state index contributed by atoms with van der Waals surface area (Å²) in [5, 5.41) is 14.9. The van der Waals surface area contributed by atoms with E-state index in [2.05, 4.69) is 15.4 Å². The van der Waals surface area contributed by atoms with E-state index in [1.54, 1.807) is 43.5 Å². The number of rotatable bonds is 7. The van der Waals surface area contributed by atoms with Gasteiger partial charge in [0.1, 0.15) is 17.4 Å². The molecule has 0 aliphatic rings. The standard InChI is InChI=1S/C21H21N3O4/c1-14(15-7-9-19(27-2)10-8-15)24-20(25)17(12-22)13-23-18-6-4-5-16(11-18)21(26)28-3/h4-11,13-14,23H,1-3H3,(H,24,25)/b17-13-. The Balaban J connectivity index is 2.06. The maximum Gasteiger partial charge on any atom is 0.337 e. The Hall–Kier alpha value is -3.79. The zero-order valence-electron chi connectivity index (χ0n) is 15.9. The number of hydrogen-bond acceptors (Lipinski definition) is 6. The number of carbonyl (C=O) groups excluding carboxylic acids is 2. The normalized spacial score (nSPS) is 11.7. The first-order valence-electron chi connectivity index (χ1n) is 8.48. The molecule has 0 spiro atoms. The first-order valence-corrected chi connectivity index (χ1v) is 8.48. The van der Waals surface area contributed by atoms with Crippen LogP contribution in [0.5, 0.6) is 5.75 Å². The van der Waals surface area contributed by atoms with Gasteiger partial charge in [-0.1, -0.05) is 18.2 Å². The largest absolute Gasteiger partial charge is 0.497 e. The number of benzene rings is 2. The predicted molar refractivity (Wildman–Crippen MR) is 105 cm³/mol. The molecule has 28 heavy (non-hydrogen) atoms. The molecule has 0 aliphatic heterocycles. The second-order valence-electron chi connectivity index (χ2n) is 5.85. The molecule has 0 radical (unpaired) electrons. The summed E-state index contributed by atoms with van der Waals surface area (Å²) in [6.45, 7) is 1.82. The molecule has 2 aromatic rings. The summed E-state index contributed by atoms with van der Waals surface area (Å²) < 4.78 is 9.78. The number of carbonyl (C=O) groups is 2. The summed E-state index contributed by atoms with van der Waals surface area (Å²) in [6, 6.07) is 15.4. The van der Waals surface area contributed by atoms with Crippen molar-refractivity contribution in [1.82, 2.24) is 5.32 Å². The van der Waals surface area contributed by atoms with Crippen LogP contribution in [0, 0.1) is 11.3 Å². The van der Waals surface area contributed by atoms with E-state index < -0.39 is 11.9 Å². The Morgan fingerprint density at radius 2 is 1.86 bits per heavy atom. The van der Waals surface area contributed by atoms with E-state index in [0.717, 1.165) is 11.3 Å². The van der Waals surface area contributed by atoms with Crippen LogP contribution in [0.4, 0.5) is 5.69 Å². The van der Waals surface area contributed by atoms with Gasteiger partial charge in [0.25, 0.3) is 5.91 Å². The minimum Gasteiger partial charge on any atom is -0.497 e. The minimum atomic E-state index is -0.512. The Kier molecular flexibility index (Phi) is 7.17. The number of nitrogens with one attached hydrogen (secondary N) is 2. The number of nitrogens with zero attached hydrogens (tertiary/aromatic N) is 1. The van der Waals surface area contributed by atoms with Crippen LogP contribution >= 0.6 is 0 Å². The second kappa shape index (κ2) is 9.78. The molecule has 0 bridgehead atoms. The van der Waals surface area contributed by atoms with Crippen LogP contribution in [0.25, 0.3) is 0 Å². The van der Waals surface area contributed by atoms with E-state index in [-0.39, 0.29) is 11.6 Å². The van der Waals surface area contributed by atoms with Gasteiger partial charge < -0.3 is 20.1 Å². The van der Waals surface area contributed by atoms with Gasteiger partial charge in [-0.3, -0.25) is 4.79 Å². The van der Waals surface area contributed by atoms with Crippen LogP contribution in [0.2, 0.25) is 0 Å². The van der Waals surface area contributed by atoms with Crippen LogP contribution in [0.1, 0.15) is 28.9 Å². The predicted octanol–water partition coefficient (Wildman–Crippen LogP) is 3.18. The third kappa shape index (κ3) is 5.35. The van der Waals surface area contributed by atoms with Crippen molar-refractivity contribution in [3.05, 3.63) is 71.4 Å². The average molecular weight is 379 g/mol. The molecule has 0 aliphatic carbocycles. The molecule has 144 valence electrons. The van der Waals surface area contributed by atoms with Gasteiger partial charge >= 0.3 is 5.97 Å². The smallest absolute Gasteiger partial charge is 0.337 e. The number of ether oxygens (including phenoxy) is 2. The molecule has 2 rings (SSSR count). The molecule has 0 saturated heterocycles. The Morgan fingerprint density at radius 1 is 1.14 bits per heavy atom. The van der Waals surface area contributed by atoms with Gasteiger partial charge in [0, 0.05) is 11.9 Å². The third-order valence-electron chi connectivity index (χ3n) is 4.00. The second-order valence-corrected chi connectivity index (χ2v) is 5.85. The van der Waals surface area contributed by atoms with E-state index >= 15 is 0 Å². The zero-order valence-corrected chi connectivity index (χ0v) is 15.9. The fourth-order valence-electron chi connectivity index (χ4n) is 2.41. The van der Waals surface area contributed by atoms with Crippen LogP contribution in [0.15, 0.2) is 60.3 Å². The Labute approximate surface area is 163 Å². The highest BCUT2D eigenvalue weighted by atomic mass is 16.5. The lowest BCUT2D eigenvalue weighted by atomic mass is 10.1. The Morgan fingerprint density at radius 3 is 2.46 bits per heavy atom. The van der Waals surface area contributed by atoms with Crippen molar-refractivity contribution >= 4 is 17.6 Å². The fourth-order valence-corrected chi connectivity index (χ4v) is 2.41. The van der Waals surface area contributed by atoms with Crippen molar-refractivity contribution in [3.63, 3.8) is 0 Å². The lowest BCUT2D eigenvalue weighted by Gasteiger charge is -2.14. The molecular formula is C21H21N3O4. The maximum atomic E-state index is 12.4. The lowest BCUT2D eigenvalue weighted by molar-refractivity contribution is -0.117. The van der Waals surface area contributed by atoms with Crippen LogP contribution in [-0.4, -0.2) is 26.1 Å². The van der Waals surface area contributed by atoms with Gasteiger partial charge in [-0.15, -0.1) is 0 Å². The molecule has 0 saturated carbocycles. The highest BCUT2D eigenvalue weighted by Crippen LogP contribution is 2.18. The quantitative estimate of drug-likeness (QED) is 0.435. The summed E-state index contributed by atoms with van der Waals surface area (Å²) in [7, 11) is 2.88. The third-order valence-corrected chi connectivity index (χ3v) is 4.00. The van der Waals surface area contributed by atoms with Crippen molar-refractivity contribution < 1.29 is 19.1 Å². The number of esters is 1. The average Bonchev–Trinajstić information content (AvgIpc) is 2.73. The molecule has 0 fully saturated rings. The van der Waals surface area contributed by atoms with Gasteiger partial charge in [0.05, 0.1) is 25.8 Å². The molecule has 7 nitrogen and oxygen atoms in total. The van der Waals surface area contributed by atoms with Crippen molar-refractivity contribution in [1.29, 1.82) is 5.26 Å². The molecule has 1 atom stereocenters. The Bertz CT molecular complexity index is 914. The fraction of sp³-hybridized carbons (Fsp3) is 0.190. The van der Waals surface area contributed by atoms with Gasteiger partial charge in [-0.05, 0) is 42.8 Å². The first-order chi connectivity index (χ1) is 13.5. The van der Waals surface area contributed by atoms with E-state index in [9.17, 15) is 14.9 Å². The van der Waals surface area contributed by atoms with Gasteiger partial charge in [0.15, 0.2) is 0 Å². The monoisotopic (exact) mass is 379 g/mol. The molecule has 1 amide bonds. The number of nitriles is 1.